The second kappa shape index (κ2) is 10.9. The van der Waals surface area contributed by atoms with Gasteiger partial charge in [0.05, 0.1) is 17.0 Å². The van der Waals surface area contributed by atoms with Crippen molar-refractivity contribution >= 4 is 50.5 Å². The van der Waals surface area contributed by atoms with Crippen LogP contribution in [0.5, 0.6) is 0 Å². The van der Waals surface area contributed by atoms with Gasteiger partial charge in [0.2, 0.25) is 0 Å². The van der Waals surface area contributed by atoms with Gasteiger partial charge in [-0.25, -0.2) is 0 Å². The van der Waals surface area contributed by atoms with Crippen molar-refractivity contribution in [1.82, 2.24) is 4.90 Å². The quantitative estimate of drug-likeness (QED) is 0.316. The van der Waals surface area contributed by atoms with E-state index in [1.807, 2.05) is 54.6 Å². The van der Waals surface area contributed by atoms with E-state index >= 15 is 0 Å². The van der Waals surface area contributed by atoms with Gasteiger partial charge in [-0.05, 0) is 74.0 Å². The maximum absolute atomic E-state index is 13.2. The second-order valence-electron chi connectivity index (χ2n) is 8.87. The van der Waals surface area contributed by atoms with Crippen molar-refractivity contribution in [2.75, 3.05) is 31.3 Å². The van der Waals surface area contributed by atoms with Crippen LogP contribution in [0.15, 0.2) is 71.2 Å². The summed E-state index contributed by atoms with van der Waals surface area (Å²) in [6, 6.07) is 21.7. The molecule has 1 heterocycles. The van der Waals surface area contributed by atoms with E-state index in [1.165, 1.54) is 5.56 Å². The van der Waals surface area contributed by atoms with Crippen LogP contribution in [0.2, 0.25) is 0 Å². The Labute approximate surface area is 213 Å². The van der Waals surface area contributed by atoms with Crippen LogP contribution < -0.4 is 10.6 Å². The lowest BCUT2D eigenvalue weighted by atomic mass is 9.97. The van der Waals surface area contributed by atoms with Gasteiger partial charge in [0.25, 0.3) is 5.91 Å². The highest BCUT2D eigenvalue weighted by Gasteiger charge is 2.28. The predicted molar refractivity (Wildman–Crippen MR) is 144 cm³/mol. The molecule has 0 fully saturated rings. The molecule has 3 aromatic rings. The number of fused-ring (bicyclic) bond motifs is 1. The lowest BCUT2D eigenvalue weighted by molar-refractivity contribution is -0.137. The molecule has 0 atom stereocenters. The third-order valence-electron chi connectivity index (χ3n) is 5.86. The first-order valence-corrected chi connectivity index (χ1v) is 12.3. The van der Waals surface area contributed by atoms with Crippen molar-refractivity contribution in [1.29, 1.82) is 0 Å². The summed E-state index contributed by atoms with van der Waals surface area (Å²) in [5.74, 6) is -1.02. The number of hydrogen-bond acceptors (Lipinski definition) is 4. The van der Waals surface area contributed by atoms with E-state index in [-0.39, 0.29) is 12.3 Å². The number of aryl methyl sites for hydroxylation is 1. The van der Waals surface area contributed by atoms with Gasteiger partial charge in [-0.1, -0.05) is 52.3 Å². The van der Waals surface area contributed by atoms with E-state index in [2.05, 4.69) is 57.7 Å². The lowest BCUT2D eigenvalue weighted by Crippen LogP contribution is -2.15. The monoisotopic (exact) mass is 533 g/mol. The molecule has 1 aliphatic rings. The first kappa shape index (κ1) is 24.7. The molecule has 7 heteroatoms. The first-order chi connectivity index (χ1) is 16.8. The van der Waals surface area contributed by atoms with Crippen molar-refractivity contribution < 1.29 is 14.7 Å². The van der Waals surface area contributed by atoms with Crippen LogP contribution in [-0.4, -0.2) is 42.5 Å². The van der Waals surface area contributed by atoms with E-state index in [1.54, 1.807) is 0 Å². The number of benzene rings is 3. The Bertz CT molecular complexity index is 1300. The Balaban J connectivity index is 1.79. The first-order valence-electron chi connectivity index (χ1n) is 11.5. The number of carbonyl (C=O) groups excluding carboxylic acids is 1. The number of carboxylic acid groups (broad SMARTS) is 1. The summed E-state index contributed by atoms with van der Waals surface area (Å²) in [6.45, 7) is 0.938. The molecule has 3 aromatic carbocycles. The van der Waals surface area contributed by atoms with Crippen LogP contribution in [0.1, 0.15) is 28.7 Å². The van der Waals surface area contributed by atoms with E-state index in [0.29, 0.717) is 17.7 Å². The number of carboxylic acids is 1. The van der Waals surface area contributed by atoms with Crippen LogP contribution in [0, 0.1) is 0 Å². The highest BCUT2D eigenvalue weighted by atomic mass is 79.9. The molecule has 0 unspecified atom stereocenters. The van der Waals surface area contributed by atoms with Crippen LogP contribution in [0.4, 0.5) is 11.4 Å². The fourth-order valence-electron chi connectivity index (χ4n) is 4.11. The Morgan fingerprint density at radius 3 is 2.49 bits per heavy atom. The third-order valence-corrected chi connectivity index (χ3v) is 6.36. The van der Waals surface area contributed by atoms with Gasteiger partial charge < -0.3 is 20.6 Å². The summed E-state index contributed by atoms with van der Waals surface area (Å²) >= 11 is 3.48. The van der Waals surface area contributed by atoms with Crippen molar-refractivity contribution in [3.8, 4) is 0 Å². The number of carbonyl (C=O) groups is 2. The molecular weight excluding hydrogens is 506 g/mol. The molecule has 0 aromatic heterocycles. The molecule has 0 aliphatic carbocycles. The third kappa shape index (κ3) is 6.18. The van der Waals surface area contributed by atoms with E-state index in [9.17, 15) is 9.59 Å². The largest absolute Gasteiger partial charge is 0.481 e. The molecule has 0 saturated carbocycles. The van der Waals surface area contributed by atoms with Gasteiger partial charge in [0.1, 0.15) is 0 Å². The summed E-state index contributed by atoms with van der Waals surface area (Å²) in [7, 11) is 4.10. The number of likely N-dealkylation sites (N-methyl/N-ethyl adjacent to an activating group) is 1. The van der Waals surface area contributed by atoms with Gasteiger partial charge in [-0.15, -0.1) is 0 Å². The van der Waals surface area contributed by atoms with Gasteiger partial charge in [-0.3, -0.25) is 9.59 Å². The molecule has 6 nitrogen and oxygen atoms in total. The van der Waals surface area contributed by atoms with E-state index in [0.717, 1.165) is 45.5 Å². The van der Waals surface area contributed by atoms with Crippen LogP contribution in [0.3, 0.4) is 0 Å². The highest BCUT2D eigenvalue weighted by Crippen LogP contribution is 2.39. The van der Waals surface area contributed by atoms with Crippen molar-refractivity contribution in [2.45, 2.75) is 19.3 Å². The fourth-order valence-corrected chi connectivity index (χ4v) is 4.47. The van der Waals surface area contributed by atoms with E-state index in [4.69, 9.17) is 5.11 Å². The Morgan fingerprint density at radius 1 is 1.00 bits per heavy atom. The maximum Gasteiger partial charge on any atom is 0.303 e. The zero-order valence-corrected chi connectivity index (χ0v) is 21.4. The van der Waals surface area contributed by atoms with Gasteiger partial charge in [0.15, 0.2) is 0 Å². The number of nitrogens with one attached hydrogen (secondary N) is 2. The Morgan fingerprint density at radius 2 is 1.74 bits per heavy atom. The molecule has 35 heavy (non-hydrogen) atoms. The molecule has 0 radical (unpaired) electrons. The average Bonchev–Trinajstić information content (AvgIpc) is 3.14. The van der Waals surface area contributed by atoms with Gasteiger partial charge >= 0.3 is 5.97 Å². The molecule has 180 valence electrons. The van der Waals surface area contributed by atoms with Gasteiger partial charge in [-0.2, -0.15) is 0 Å². The Hall–Kier alpha value is -3.42. The number of aliphatic carboxylic acids is 1. The number of nitrogens with zero attached hydrogens (tertiary/aromatic N) is 1. The number of amides is 1. The SMILES string of the molecule is CN(C)CCc1cccc(NC(=C2C(=O)Nc3cc(Br)ccc32)c2cccc(CCC(=O)O)c2)c1. The lowest BCUT2D eigenvalue weighted by Gasteiger charge is -2.17. The second-order valence-corrected chi connectivity index (χ2v) is 9.78. The summed E-state index contributed by atoms with van der Waals surface area (Å²) in [5, 5.41) is 15.6. The normalized spacial score (nSPS) is 14.0. The smallest absolute Gasteiger partial charge is 0.303 e. The molecule has 1 aliphatic heterocycles. The zero-order chi connectivity index (χ0) is 24.9. The number of hydrogen-bond donors (Lipinski definition) is 3. The van der Waals surface area contributed by atoms with E-state index < -0.39 is 5.97 Å². The molecule has 0 spiro atoms. The molecule has 3 N–H and O–H groups in total. The Kier molecular flexibility index (Phi) is 7.68. The van der Waals surface area contributed by atoms with Crippen LogP contribution in [-0.2, 0) is 22.4 Å². The molecule has 0 bridgehead atoms. The van der Waals surface area contributed by atoms with Crippen molar-refractivity contribution in [3.63, 3.8) is 0 Å². The average molecular weight is 534 g/mol. The maximum atomic E-state index is 13.2. The minimum absolute atomic E-state index is 0.0497. The minimum atomic E-state index is -0.837. The molecule has 1 amide bonds. The summed E-state index contributed by atoms with van der Waals surface area (Å²) in [5.41, 5.74) is 6.63. The fraction of sp³-hybridized carbons (Fsp3) is 0.214. The standard InChI is InChI=1S/C28H28BrN3O3/c1-32(2)14-13-19-6-4-8-22(16-19)30-27(20-7-3-5-18(15-20)9-12-25(33)34)26-23-11-10-21(29)17-24(23)31-28(26)35/h3-8,10-11,15-17,30H,9,12-14H2,1-2H3,(H,31,35)(H,33,34). The zero-order valence-electron chi connectivity index (χ0n) is 19.8. The minimum Gasteiger partial charge on any atom is -0.481 e. The topological polar surface area (TPSA) is 81.7 Å². The number of rotatable bonds is 9. The highest BCUT2D eigenvalue weighted by molar-refractivity contribution is 9.10. The van der Waals surface area contributed by atoms with Crippen LogP contribution in [0.25, 0.3) is 11.3 Å². The summed E-state index contributed by atoms with van der Waals surface area (Å²) in [6.07, 6.45) is 1.38. The number of anilines is 2. The summed E-state index contributed by atoms with van der Waals surface area (Å²) < 4.78 is 0.886. The van der Waals surface area contributed by atoms with Crippen LogP contribution >= 0.6 is 15.9 Å². The van der Waals surface area contributed by atoms with Gasteiger partial charge in [0, 0.05) is 28.7 Å². The predicted octanol–water partition coefficient (Wildman–Crippen LogP) is 5.50. The van der Waals surface area contributed by atoms with Crippen molar-refractivity contribution in [3.05, 3.63) is 93.5 Å². The summed E-state index contributed by atoms with van der Waals surface area (Å²) in [4.78, 5) is 26.4. The molecule has 0 saturated heterocycles. The molecule has 4 rings (SSSR count). The molecular formula is C28H28BrN3O3. The van der Waals surface area contributed by atoms with Crippen molar-refractivity contribution in [2.24, 2.45) is 0 Å². The number of halogens is 1.